The maximum atomic E-state index is 13.8. The summed E-state index contributed by atoms with van der Waals surface area (Å²) in [4.78, 5) is 21.3. The van der Waals surface area contributed by atoms with Crippen molar-refractivity contribution in [2.75, 3.05) is 24.6 Å². The molecule has 2 aromatic carbocycles. The predicted octanol–water partition coefficient (Wildman–Crippen LogP) is 9.39. The van der Waals surface area contributed by atoms with Gasteiger partial charge in [-0.3, -0.25) is 4.79 Å². The summed E-state index contributed by atoms with van der Waals surface area (Å²) in [5.74, 6) is 0.319. The predicted molar refractivity (Wildman–Crippen MR) is 171 cm³/mol. The van der Waals surface area contributed by atoms with Gasteiger partial charge < -0.3 is 15.0 Å². The minimum atomic E-state index is -5.09. The molecule has 1 aliphatic rings. The van der Waals surface area contributed by atoms with Crippen LogP contribution in [0.4, 0.5) is 45.5 Å². The van der Waals surface area contributed by atoms with Crippen LogP contribution in [0, 0.1) is 11.8 Å². The number of nitrogens with zero attached hydrogens (tertiary/aromatic N) is 3. The highest BCUT2D eigenvalue weighted by Gasteiger charge is 2.37. The number of esters is 1. The molecule has 274 valence electrons. The first-order valence-corrected chi connectivity index (χ1v) is 16.8. The van der Waals surface area contributed by atoms with Gasteiger partial charge in [-0.1, -0.05) is 6.07 Å². The molecule has 4 rings (SSSR count). The van der Waals surface area contributed by atoms with Gasteiger partial charge in [0.15, 0.2) is 0 Å². The first-order valence-electron chi connectivity index (χ1n) is 16.0. The Hall–Kier alpha value is -3.40. The number of carbonyl (C=O) groups is 1. The summed E-state index contributed by atoms with van der Waals surface area (Å²) in [6.07, 6.45) is -7.97. The van der Waals surface area contributed by atoms with Crippen molar-refractivity contribution in [1.29, 1.82) is 0 Å². The van der Waals surface area contributed by atoms with Gasteiger partial charge in [0.05, 0.1) is 27.8 Å². The average Bonchev–Trinajstić information content (AvgIpc) is 3.03. The van der Waals surface area contributed by atoms with Crippen LogP contribution in [0.2, 0.25) is 0 Å². The Labute approximate surface area is 291 Å². The van der Waals surface area contributed by atoms with Crippen LogP contribution in [0.5, 0.6) is 0 Å². The fraction of sp³-hybridized carbons (Fsp3) is 0.500. The minimum Gasteiger partial charge on any atom is -0.466 e. The van der Waals surface area contributed by atoms with E-state index < -0.39 is 41.8 Å². The molecular weight excluding hydrogens is 747 g/mol. The summed E-state index contributed by atoms with van der Waals surface area (Å²) < 4.78 is 129. The summed E-state index contributed by atoms with van der Waals surface area (Å²) in [6, 6.07) is 4.35. The van der Waals surface area contributed by atoms with E-state index >= 15 is 0 Å². The summed E-state index contributed by atoms with van der Waals surface area (Å²) >= 11 is 3.17. The second-order valence-electron chi connectivity index (χ2n) is 12.3. The summed E-state index contributed by atoms with van der Waals surface area (Å²) in [5.41, 5.74) is -3.71. The van der Waals surface area contributed by atoms with Crippen LogP contribution in [0.25, 0.3) is 0 Å². The average molecular weight is 784 g/mol. The van der Waals surface area contributed by atoms with Crippen molar-refractivity contribution in [2.45, 2.75) is 77.1 Å². The Kier molecular flexibility index (Phi) is 13.2. The van der Waals surface area contributed by atoms with E-state index in [4.69, 9.17) is 4.74 Å². The topological polar surface area (TPSA) is 67.3 Å². The molecule has 0 amide bonds. The molecule has 50 heavy (non-hydrogen) atoms. The number of rotatable bonds is 13. The molecule has 0 bridgehead atoms. The second kappa shape index (κ2) is 16.7. The molecule has 1 heterocycles. The zero-order valence-corrected chi connectivity index (χ0v) is 28.6. The first kappa shape index (κ1) is 39.4. The van der Waals surface area contributed by atoms with Crippen LogP contribution in [-0.4, -0.2) is 35.6 Å². The highest BCUT2D eigenvalue weighted by atomic mass is 79.9. The maximum absolute atomic E-state index is 13.8. The van der Waals surface area contributed by atoms with Crippen LogP contribution in [-0.2, 0) is 47.6 Å². The van der Waals surface area contributed by atoms with Gasteiger partial charge in [0.25, 0.3) is 0 Å². The molecule has 1 aromatic heterocycles. The van der Waals surface area contributed by atoms with Gasteiger partial charge in [-0.25, -0.2) is 9.97 Å². The number of anilines is 1. The van der Waals surface area contributed by atoms with Crippen molar-refractivity contribution < 1.29 is 49.0 Å². The number of carbonyl (C=O) groups excluding carboxylic acids is 1. The third-order valence-electron chi connectivity index (χ3n) is 8.54. The van der Waals surface area contributed by atoms with Gasteiger partial charge in [0.2, 0.25) is 5.95 Å². The molecule has 16 heteroatoms. The molecule has 1 aliphatic carbocycles. The third kappa shape index (κ3) is 11.6. The molecule has 0 atom stereocenters. The molecule has 0 unspecified atom stereocenters. The number of nitrogens with one attached hydrogen (secondary N) is 1. The molecule has 0 spiro atoms. The van der Waals surface area contributed by atoms with Crippen molar-refractivity contribution in [3.63, 3.8) is 0 Å². The lowest BCUT2D eigenvalue weighted by Gasteiger charge is -2.28. The lowest BCUT2D eigenvalue weighted by molar-refractivity contribution is -0.145. The molecular formula is C34H36BrF9N4O2. The summed E-state index contributed by atoms with van der Waals surface area (Å²) in [5, 5.41) is 3.35. The monoisotopic (exact) mass is 782 g/mol. The number of hydrogen-bond donors (Lipinski definition) is 1. The van der Waals surface area contributed by atoms with Crippen molar-refractivity contribution in [3.8, 4) is 0 Å². The highest BCUT2D eigenvalue weighted by molar-refractivity contribution is 9.10. The summed E-state index contributed by atoms with van der Waals surface area (Å²) in [7, 11) is 0. The van der Waals surface area contributed by atoms with Crippen LogP contribution in [0.15, 0.2) is 53.3 Å². The molecule has 1 fully saturated rings. The Morgan fingerprint density at radius 3 is 1.96 bits per heavy atom. The fourth-order valence-electron chi connectivity index (χ4n) is 6.02. The van der Waals surface area contributed by atoms with Gasteiger partial charge >= 0.3 is 24.5 Å². The van der Waals surface area contributed by atoms with Gasteiger partial charge in [-0.05, 0) is 127 Å². The minimum absolute atomic E-state index is 0.0109. The lowest BCUT2D eigenvalue weighted by Crippen LogP contribution is -2.29. The number of hydrogen-bond acceptors (Lipinski definition) is 6. The standard InChI is InChI=1S/C34H36BrF9N4O2/c1-2-50-30(49)13-21-3-5-22(6-4-21)16-45-10-9-24-7-8-26(32(36,37)38)14-25(24)20-48(31-46-17-29(35)18-47-31)19-23-11-27(33(39,40)41)15-28(12-23)34(42,43)44/h7-8,11-12,14-15,17-18,21-22,45H,2-6,9-10,13,16,19-20H2,1H3. The Morgan fingerprint density at radius 2 is 1.40 bits per heavy atom. The number of benzene rings is 2. The summed E-state index contributed by atoms with van der Waals surface area (Å²) in [6.45, 7) is 2.26. The van der Waals surface area contributed by atoms with Crippen LogP contribution in [0.3, 0.4) is 0 Å². The molecule has 3 aromatic rings. The van der Waals surface area contributed by atoms with Crippen molar-refractivity contribution in [1.82, 2.24) is 15.3 Å². The van der Waals surface area contributed by atoms with E-state index in [1.807, 2.05) is 0 Å². The number of aromatic nitrogens is 2. The lowest BCUT2D eigenvalue weighted by atomic mass is 9.80. The molecule has 1 saturated carbocycles. The quantitative estimate of drug-likeness (QED) is 0.106. The number of ether oxygens (including phenoxy) is 1. The van der Waals surface area contributed by atoms with Crippen molar-refractivity contribution >= 4 is 27.8 Å². The highest BCUT2D eigenvalue weighted by Crippen LogP contribution is 2.37. The van der Waals surface area contributed by atoms with E-state index in [2.05, 4.69) is 31.2 Å². The van der Waals surface area contributed by atoms with Crippen molar-refractivity contribution in [2.24, 2.45) is 11.8 Å². The van der Waals surface area contributed by atoms with Gasteiger partial charge in [-0.2, -0.15) is 39.5 Å². The maximum Gasteiger partial charge on any atom is 0.416 e. The van der Waals surface area contributed by atoms with Crippen molar-refractivity contribution in [3.05, 3.63) is 86.6 Å². The Bertz CT molecular complexity index is 1540. The Balaban J connectivity index is 1.54. The second-order valence-corrected chi connectivity index (χ2v) is 13.2. The van der Waals surface area contributed by atoms with Crippen LogP contribution in [0.1, 0.15) is 72.4 Å². The zero-order chi connectivity index (χ0) is 36.7. The first-order chi connectivity index (χ1) is 23.4. The molecule has 0 aliphatic heterocycles. The van der Waals surface area contributed by atoms with E-state index in [9.17, 15) is 44.3 Å². The van der Waals surface area contributed by atoms with Crippen LogP contribution >= 0.6 is 15.9 Å². The number of halogens is 10. The largest absolute Gasteiger partial charge is 0.466 e. The van der Waals surface area contributed by atoms with E-state index in [1.165, 1.54) is 23.4 Å². The normalized spacial score (nSPS) is 17.1. The van der Waals surface area contributed by atoms with E-state index in [0.29, 0.717) is 60.6 Å². The third-order valence-corrected chi connectivity index (χ3v) is 8.95. The SMILES string of the molecule is CCOC(=O)CC1CCC(CNCCc2ccc(C(F)(F)F)cc2CN(Cc2cc(C(F)(F)F)cc(C(F)(F)F)c2)c2ncc(Br)cn2)CC1. The van der Waals surface area contributed by atoms with E-state index in [0.717, 1.165) is 37.8 Å². The zero-order valence-electron chi connectivity index (χ0n) is 27.0. The van der Waals surface area contributed by atoms with E-state index in [-0.39, 0.29) is 41.6 Å². The number of alkyl halides is 9. The molecule has 0 saturated heterocycles. The van der Waals surface area contributed by atoms with Gasteiger partial charge in [0.1, 0.15) is 0 Å². The van der Waals surface area contributed by atoms with Crippen LogP contribution < -0.4 is 10.2 Å². The smallest absolute Gasteiger partial charge is 0.416 e. The van der Waals surface area contributed by atoms with Gasteiger partial charge in [0, 0.05) is 31.9 Å². The molecule has 1 N–H and O–H groups in total. The van der Waals surface area contributed by atoms with E-state index in [1.54, 1.807) is 6.92 Å². The fourth-order valence-corrected chi connectivity index (χ4v) is 6.23. The molecule has 6 nitrogen and oxygen atoms in total. The molecule has 0 radical (unpaired) electrons. The Morgan fingerprint density at radius 1 is 0.820 bits per heavy atom. The van der Waals surface area contributed by atoms with Gasteiger partial charge in [-0.15, -0.1) is 0 Å².